The predicted molar refractivity (Wildman–Crippen MR) is 112 cm³/mol. The second-order valence-corrected chi connectivity index (χ2v) is 7.13. The van der Waals surface area contributed by atoms with Crippen LogP contribution in [0.4, 0.5) is 4.39 Å². The number of ether oxygens (including phenoxy) is 3. The summed E-state index contributed by atoms with van der Waals surface area (Å²) in [4.78, 5) is 14.9. The van der Waals surface area contributed by atoms with Crippen LogP contribution >= 0.6 is 0 Å². The summed E-state index contributed by atoms with van der Waals surface area (Å²) >= 11 is 0. The van der Waals surface area contributed by atoms with Crippen molar-refractivity contribution in [2.45, 2.75) is 19.3 Å². The summed E-state index contributed by atoms with van der Waals surface area (Å²) in [6.07, 6.45) is -0.599. The van der Waals surface area contributed by atoms with E-state index < -0.39 is 12.3 Å². The van der Waals surface area contributed by atoms with Gasteiger partial charge in [-0.25, -0.2) is 4.39 Å². The van der Waals surface area contributed by atoms with Crippen molar-refractivity contribution in [3.05, 3.63) is 71.2 Å². The number of fused-ring (bicyclic) bond motifs is 1. The van der Waals surface area contributed by atoms with Gasteiger partial charge in [0.2, 0.25) is 0 Å². The van der Waals surface area contributed by atoms with Crippen molar-refractivity contribution >= 4 is 5.91 Å². The molecular formula is C23H24FN3O4. The Morgan fingerprint density at radius 3 is 2.39 bits per heavy atom. The lowest BCUT2D eigenvalue weighted by Gasteiger charge is -2.29. The van der Waals surface area contributed by atoms with Crippen LogP contribution in [0.15, 0.2) is 48.5 Å². The molecule has 0 spiro atoms. The largest absolute Gasteiger partial charge is 0.494 e. The molecule has 1 atom stereocenters. The molecule has 3 aromatic rings. The van der Waals surface area contributed by atoms with Crippen LogP contribution in [0, 0.1) is 5.82 Å². The van der Waals surface area contributed by atoms with Crippen LogP contribution in [0.1, 0.15) is 34.6 Å². The maximum absolute atomic E-state index is 13.6. The molecule has 1 aliphatic rings. The highest BCUT2D eigenvalue weighted by atomic mass is 19.1. The third kappa shape index (κ3) is 3.92. The molecule has 8 heteroatoms. The van der Waals surface area contributed by atoms with Crippen molar-refractivity contribution in [2.24, 2.45) is 0 Å². The molecule has 1 amide bonds. The molecule has 0 fully saturated rings. The summed E-state index contributed by atoms with van der Waals surface area (Å²) < 4.78 is 29.8. The summed E-state index contributed by atoms with van der Waals surface area (Å²) in [5.41, 5.74) is 3.43. The fourth-order valence-electron chi connectivity index (χ4n) is 3.88. The monoisotopic (exact) mass is 425 g/mol. The number of aromatic amines is 1. The molecule has 0 saturated heterocycles. The molecular weight excluding hydrogens is 401 g/mol. The number of rotatable bonds is 8. The minimum atomic E-state index is -0.599. The molecule has 31 heavy (non-hydrogen) atoms. The number of hydrogen-bond donors (Lipinski definition) is 1. The summed E-state index contributed by atoms with van der Waals surface area (Å²) in [7, 11) is 3.04. The Balaban J connectivity index is 1.79. The van der Waals surface area contributed by atoms with Gasteiger partial charge in [0, 0.05) is 25.3 Å². The SMILES string of the molecule is CCOc1ccc(-c2n[nH]c3c2C(c2ccc(F)cc2)N(CC(OC)OC)C3=O)cc1. The Morgan fingerprint density at radius 2 is 1.77 bits per heavy atom. The fourth-order valence-corrected chi connectivity index (χ4v) is 3.88. The molecule has 0 aliphatic carbocycles. The summed E-state index contributed by atoms with van der Waals surface area (Å²) in [5.74, 6) is 0.202. The third-order valence-electron chi connectivity index (χ3n) is 5.36. The molecule has 1 N–H and O–H groups in total. The highest BCUT2D eigenvalue weighted by molar-refractivity contribution is 6.00. The topological polar surface area (TPSA) is 76.7 Å². The molecule has 2 aromatic carbocycles. The van der Waals surface area contributed by atoms with Gasteiger partial charge in [-0.05, 0) is 48.9 Å². The van der Waals surface area contributed by atoms with Crippen molar-refractivity contribution in [3.8, 4) is 17.0 Å². The number of nitrogens with zero attached hydrogens (tertiary/aromatic N) is 2. The summed E-state index contributed by atoms with van der Waals surface area (Å²) in [6.45, 7) is 2.71. The van der Waals surface area contributed by atoms with Gasteiger partial charge in [-0.15, -0.1) is 0 Å². The van der Waals surface area contributed by atoms with E-state index in [4.69, 9.17) is 14.2 Å². The quantitative estimate of drug-likeness (QED) is 0.556. The van der Waals surface area contributed by atoms with Gasteiger partial charge < -0.3 is 19.1 Å². The third-order valence-corrected chi connectivity index (χ3v) is 5.36. The number of carbonyl (C=O) groups excluding carboxylic acids is 1. The summed E-state index contributed by atoms with van der Waals surface area (Å²) in [6, 6.07) is 13.2. The Kier molecular flexibility index (Phi) is 6.01. The van der Waals surface area contributed by atoms with E-state index in [9.17, 15) is 9.18 Å². The smallest absolute Gasteiger partial charge is 0.273 e. The van der Waals surface area contributed by atoms with Crippen LogP contribution in [0.25, 0.3) is 11.3 Å². The van der Waals surface area contributed by atoms with Gasteiger partial charge in [-0.1, -0.05) is 12.1 Å². The lowest BCUT2D eigenvalue weighted by atomic mass is 9.96. The number of H-pyrrole nitrogens is 1. The second-order valence-electron chi connectivity index (χ2n) is 7.13. The standard InChI is InChI=1S/C23H24FN3O4/c1-4-31-17-11-7-14(8-12-17)20-19-21(26-25-20)23(28)27(13-18(29-2)30-3)22(19)15-5-9-16(24)10-6-15/h5-12,18,22H,4,13H2,1-3H3,(H,25,26). The van der Waals surface area contributed by atoms with Gasteiger partial charge in [0.15, 0.2) is 6.29 Å². The number of methoxy groups -OCH3 is 2. The minimum Gasteiger partial charge on any atom is -0.494 e. The summed E-state index contributed by atoms with van der Waals surface area (Å²) in [5, 5.41) is 7.33. The number of nitrogens with one attached hydrogen (secondary N) is 1. The van der Waals surface area contributed by atoms with E-state index in [2.05, 4.69) is 10.2 Å². The number of benzene rings is 2. The Labute approximate surface area is 179 Å². The number of carbonyl (C=O) groups is 1. The van der Waals surface area contributed by atoms with Crippen molar-refractivity contribution in [1.82, 2.24) is 15.1 Å². The van der Waals surface area contributed by atoms with Gasteiger partial charge in [-0.2, -0.15) is 5.10 Å². The molecule has 162 valence electrons. The fraction of sp³-hybridized carbons (Fsp3) is 0.304. The molecule has 1 aromatic heterocycles. The highest BCUT2D eigenvalue weighted by Gasteiger charge is 2.43. The van der Waals surface area contributed by atoms with Crippen LogP contribution in [0.3, 0.4) is 0 Å². The maximum Gasteiger partial charge on any atom is 0.273 e. The van der Waals surface area contributed by atoms with E-state index in [1.807, 2.05) is 31.2 Å². The van der Waals surface area contributed by atoms with Crippen molar-refractivity contribution in [1.29, 1.82) is 0 Å². The van der Waals surface area contributed by atoms with Crippen LogP contribution < -0.4 is 4.74 Å². The molecule has 1 unspecified atom stereocenters. The Bertz CT molecular complexity index is 1050. The van der Waals surface area contributed by atoms with Crippen LogP contribution in [0.5, 0.6) is 5.75 Å². The van der Waals surface area contributed by atoms with Crippen molar-refractivity contribution in [2.75, 3.05) is 27.4 Å². The first kappa shape index (κ1) is 21.0. The van der Waals surface area contributed by atoms with Crippen LogP contribution in [0.2, 0.25) is 0 Å². The van der Waals surface area contributed by atoms with Gasteiger partial charge in [0.25, 0.3) is 5.91 Å². The van der Waals surface area contributed by atoms with E-state index in [1.54, 1.807) is 17.0 Å². The van der Waals surface area contributed by atoms with Crippen molar-refractivity contribution in [3.63, 3.8) is 0 Å². The van der Waals surface area contributed by atoms with Crippen molar-refractivity contribution < 1.29 is 23.4 Å². The minimum absolute atomic E-state index is 0.207. The van der Waals surface area contributed by atoms with E-state index in [-0.39, 0.29) is 18.3 Å². The molecule has 0 saturated carbocycles. The molecule has 4 rings (SSSR count). The maximum atomic E-state index is 13.6. The first-order valence-electron chi connectivity index (χ1n) is 10.0. The molecule has 0 radical (unpaired) electrons. The van der Waals surface area contributed by atoms with E-state index in [1.165, 1.54) is 26.4 Å². The Hall–Kier alpha value is -3.23. The number of amides is 1. The average Bonchev–Trinajstić information content (AvgIpc) is 3.33. The zero-order valence-electron chi connectivity index (χ0n) is 17.6. The predicted octanol–water partition coefficient (Wildman–Crippen LogP) is 3.78. The lowest BCUT2D eigenvalue weighted by molar-refractivity contribution is -0.113. The molecule has 1 aliphatic heterocycles. The zero-order chi connectivity index (χ0) is 22.0. The van der Waals surface area contributed by atoms with Crippen LogP contribution in [-0.2, 0) is 9.47 Å². The molecule has 0 bridgehead atoms. The molecule has 2 heterocycles. The first-order valence-corrected chi connectivity index (χ1v) is 10.0. The van der Waals surface area contributed by atoms with Gasteiger partial charge in [0.1, 0.15) is 17.3 Å². The first-order chi connectivity index (χ1) is 15.1. The van der Waals surface area contributed by atoms with E-state index >= 15 is 0 Å². The number of halogens is 1. The Morgan fingerprint density at radius 1 is 1.10 bits per heavy atom. The number of hydrogen-bond acceptors (Lipinski definition) is 5. The average molecular weight is 425 g/mol. The molecule has 7 nitrogen and oxygen atoms in total. The normalized spacial score (nSPS) is 15.6. The number of aromatic nitrogens is 2. The van der Waals surface area contributed by atoms with Gasteiger partial charge in [-0.3, -0.25) is 9.89 Å². The van der Waals surface area contributed by atoms with Gasteiger partial charge in [0.05, 0.1) is 24.9 Å². The van der Waals surface area contributed by atoms with Crippen LogP contribution in [-0.4, -0.2) is 54.7 Å². The van der Waals surface area contributed by atoms with E-state index in [0.29, 0.717) is 18.0 Å². The van der Waals surface area contributed by atoms with Gasteiger partial charge >= 0.3 is 0 Å². The zero-order valence-corrected chi connectivity index (χ0v) is 17.6. The highest BCUT2D eigenvalue weighted by Crippen LogP contribution is 2.43. The second kappa shape index (κ2) is 8.87. The lowest BCUT2D eigenvalue weighted by Crippen LogP contribution is -2.38. The van der Waals surface area contributed by atoms with E-state index in [0.717, 1.165) is 22.4 Å².